The van der Waals surface area contributed by atoms with Gasteiger partial charge in [0.05, 0.1) is 18.4 Å². The van der Waals surface area contributed by atoms with E-state index in [2.05, 4.69) is 0 Å². The van der Waals surface area contributed by atoms with Crippen LogP contribution in [0.15, 0.2) is 22.8 Å². The summed E-state index contributed by atoms with van der Waals surface area (Å²) in [5.41, 5.74) is 5.65. The van der Waals surface area contributed by atoms with E-state index < -0.39 is 12.1 Å². The Morgan fingerprint density at radius 2 is 2.45 bits per heavy atom. The summed E-state index contributed by atoms with van der Waals surface area (Å²) >= 11 is 0. The van der Waals surface area contributed by atoms with Crippen LogP contribution in [0.4, 0.5) is 0 Å². The van der Waals surface area contributed by atoms with Crippen molar-refractivity contribution in [1.82, 2.24) is 0 Å². The molecule has 3 nitrogen and oxygen atoms in total. The predicted molar refractivity (Wildman–Crippen MR) is 41.9 cm³/mol. The van der Waals surface area contributed by atoms with Crippen molar-refractivity contribution >= 4 is 0 Å². The third-order valence-corrected chi connectivity index (χ3v) is 1.70. The minimum atomic E-state index is -0.513. The molecule has 0 saturated carbocycles. The van der Waals surface area contributed by atoms with Gasteiger partial charge in [0.25, 0.3) is 0 Å². The Morgan fingerprint density at radius 3 is 2.91 bits per heavy atom. The average molecular weight is 155 g/mol. The van der Waals surface area contributed by atoms with Gasteiger partial charge in [-0.05, 0) is 18.6 Å². The topological polar surface area (TPSA) is 59.4 Å². The van der Waals surface area contributed by atoms with Crippen LogP contribution in [0.3, 0.4) is 0 Å². The first-order valence-corrected chi connectivity index (χ1v) is 3.72. The number of furan rings is 1. The van der Waals surface area contributed by atoms with E-state index in [0.29, 0.717) is 12.2 Å². The molecule has 11 heavy (non-hydrogen) atoms. The Balaban J connectivity index is 2.62. The molecular formula is C8H13NO2. The van der Waals surface area contributed by atoms with Crippen molar-refractivity contribution in [3.63, 3.8) is 0 Å². The van der Waals surface area contributed by atoms with Crippen molar-refractivity contribution in [3.8, 4) is 0 Å². The van der Waals surface area contributed by atoms with E-state index in [9.17, 15) is 5.11 Å². The zero-order chi connectivity index (χ0) is 8.27. The summed E-state index contributed by atoms with van der Waals surface area (Å²) in [7, 11) is 0. The number of hydrogen-bond acceptors (Lipinski definition) is 3. The van der Waals surface area contributed by atoms with E-state index in [1.54, 1.807) is 18.4 Å². The van der Waals surface area contributed by atoms with Crippen molar-refractivity contribution in [1.29, 1.82) is 0 Å². The Kier molecular flexibility index (Phi) is 2.68. The molecule has 1 aromatic rings. The van der Waals surface area contributed by atoms with E-state index in [4.69, 9.17) is 10.2 Å². The normalized spacial score (nSPS) is 16.3. The summed E-state index contributed by atoms with van der Waals surface area (Å²) in [5, 5.41) is 9.31. The quantitative estimate of drug-likeness (QED) is 0.685. The van der Waals surface area contributed by atoms with Crippen molar-refractivity contribution in [3.05, 3.63) is 24.2 Å². The van der Waals surface area contributed by atoms with Gasteiger partial charge in [-0.15, -0.1) is 0 Å². The molecule has 1 aromatic heterocycles. The predicted octanol–water partition coefficient (Wildman–Crippen LogP) is 1.05. The van der Waals surface area contributed by atoms with E-state index in [0.717, 1.165) is 0 Å². The van der Waals surface area contributed by atoms with Crippen LogP contribution in [0.25, 0.3) is 0 Å². The smallest absolute Gasteiger partial charge is 0.123 e. The molecule has 2 unspecified atom stereocenters. The monoisotopic (exact) mass is 155 g/mol. The van der Waals surface area contributed by atoms with Crippen LogP contribution >= 0.6 is 0 Å². The molecule has 1 heterocycles. The molecule has 0 aliphatic carbocycles. The number of aliphatic hydroxyl groups excluding tert-OH is 1. The van der Waals surface area contributed by atoms with Gasteiger partial charge in [0, 0.05) is 0 Å². The summed E-state index contributed by atoms with van der Waals surface area (Å²) < 4.78 is 5.03. The molecule has 3 heteroatoms. The van der Waals surface area contributed by atoms with Gasteiger partial charge in [-0.2, -0.15) is 0 Å². The Morgan fingerprint density at radius 1 is 1.73 bits per heavy atom. The molecule has 0 aromatic carbocycles. The first-order chi connectivity index (χ1) is 5.25. The van der Waals surface area contributed by atoms with Gasteiger partial charge < -0.3 is 15.3 Å². The number of rotatable bonds is 3. The fourth-order valence-electron chi connectivity index (χ4n) is 0.924. The van der Waals surface area contributed by atoms with Crippen molar-refractivity contribution in [2.45, 2.75) is 25.5 Å². The van der Waals surface area contributed by atoms with E-state index in [-0.39, 0.29) is 0 Å². The van der Waals surface area contributed by atoms with Crippen molar-refractivity contribution in [2.75, 3.05) is 0 Å². The third-order valence-electron chi connectivity index (χ3n) is 1.70. The number of aliphatic hydroxyl groups is 1. The molecule has 3 N–H and O–H groups in total. The maximum atomic E-state index is 9.31. The molecule has 0 aliphatic rings. The van der Waals surface area contributed by atoms with E-state index in [1.165, 1.54) is 0 Å². The lowest BCUT2D eigenvalue weighted by molar-refractivity contribution is 0.131. The second kappa shape index (κ2) is 3.55. The molecule has 0 saturated heterocycles. The Labute approximate surface area is 65.8 Å². The molecule has 0 amide bonds. The zero-order valence-corrected chi connectivity index (χ0v) is 6.53. The molecule has 62 valence electrons. The molecule has 1 rings (SSSR count). The molecule has 2 atom stereocenters. The highest BCUT2D eigenvalue weighted by atomic mass is 16.3. The fourth-order valence-corrected chi connectivity index (χ4v) is 0.924. The van der Waals surface area contributed by atoms with Crippen LogP contribution in [-0.4, -0.2) is 11.2 Å². The molecule has 0 bridgehead atoms. The van der Waals surface area contributed by atoms with Crippen LogP contribution in [0.1, 0.15) is 25.1 Å². The van der Waals surface area contributed by atoms with Gasteiger partial charge in [-0.25, -0.2) is 0 Å². The highest BCUT2D eigenvalue weighted by Crippen LogP contribution is 2.15. The summed E-state index contributed by atoms with van der Waals surface area (Å²) in [6, 6.07) is 3.14. The highest BCUT2D eigenvalue weighted by Gasteiger charge is 2.16. The lowest BCUT2D eigenvalue weighted by atomic mass is 10.1. The summed E-state index contributed by atoms with van der Waals surface area (Å²) in [6.45, 7) is 1.88. The van der Waals surface area contributed by atoms with Crippen LogP contribution in [0.2, 0.25) is 0 Å². The van der Waals surface area contributed by atoms with E-state index in [1.807, 2.05) is 6.92 Å². The van der Waals surface area contributed by atoms with E-state index >= 15 is 0 Å². The third kappa shape index (κ3) is 1.82. The van der Waals surface area contributed by atoms with Gasteiger partial charge in [0.15, 0.2) is 0 Å². The number of nitrogens with two attached hydrogens (primary N) is 1. The van der Waals surface area contributed by atoms with Gasteiger partial charge in [0.1, 0.15) is 5.76 Å². The first kappa shape index (κ1) is 8.30. The minimum Gasteiger partial charge on any atom is -0.468 e. The molecule has 0 fully saturated rings. The molecular weight excluding hydrogens is 142 g/mol. The van der Waals surface area contributed by atoms with Crippen LogP contribution in [0, 0.1) is 0 Å². The van der Waals surface area contributed by atoms with Gasteiger partial charge in [-0.3, -0.25) is 0 Å². The maximum absolute atomic E-state index is 9.31. The summed E-state index contributed by atoms with van der Waals surface area (Å²) in [6.07, 6.45) is 1.68. The molecule has 0 spiro atoms. The summed E-state index contributed by atoms with van der Waals surface area (Å²) in [4.78, 5) is 0. The van der Waals surface area contributed by atoms with Crippen LogP contribution in [0.5, 0.6) is 0 Å². The number of hydrogen-bond donors (Lipinski definition) is 2. The largest absolute Gasteiger partial charge is 0.468 e. The SMILES string of the molecule is CCC(O)C(N)c1ccco1. The maximum Gasteiger partial charge on any atom is 0.123 e. The second-order valence-electron chi connectivity index (χ2n) is 2.52. The average Bonchev–Trinajstić information content (AvgIpc) is 2.53. The lowest BCUT2D eigenvalue weighted by Crippen LogP contribution is -2.24. The van der Waals surface area contributed by atoms with Gasteiger partial charge in [-0.1, -0.05) is 6.92 Å². The minimum absolute atomic E-state index is 0.394. The van der Waals surface area contributed by atoms with Crippen LogP contribution < -0.4 is 5.73 Å². The lowest BCUT2D eigenvalue weighted by Gasteiger charge is -2.13. The molecule has 0 aliphatic heterocycles. The first-order valence-electron chi connectivity index (χ1n) is 3.72. The van der Waals surface area contributed by atoms with Crippen molar-refractivity contribution < 1.29 is 9.52 Å². The van der Waals surface area contributed by atoms with Crippen LogP contribution in [-0.2, 0) is 0 Å². The molecule has 0 radical (unpaired) electrons. The van der Waals surface area contributed by atoms with Gasteiger partial charge >= 0.3 is 0 Å². The highest BCUT2D eigenvalue weighted by molar-refractivity contribution is 5.05. The van der Waals surface area contributed by atoms with Crippen molar-refractivity contribution in [2.24, 2.45) is 5.73 Å². The Hall–Kier alpha value is -0.800. The summed E-state index contributed by atoms with van der Waals surface area (Å²) in [5.74, 6) is 0.638. The standard InChI is InChI=1S/C8H13NO2/c1-2-6(10)8(9)7-4-3-5-11-7/h3-6,8,10H,2,9H2,1H3. The zero-order valence-electron chi connectivity index (χ0n) is 6.53. The fraction of sp³-hybridized carbons (Fsp3) is 0.500. The Bertz CT molecular complexity index is 196. The second-order valence-corrected chi connectivity index (χ2v) is 2.52. The van der Waals surface area contributed by atoms with Gasteiger partial charge in [0.2, 0.25) is 0 Å².